The molecule has 0 unspecified atom stereocenters. The second-order valence-electron chi connectivity index (χ2n) is 5.17. The summed E-state index contributed by atoms with van der Waals surface area (Å²) in [6.45, 7) is 0. The van der Waals surface area contributed by atoms with E-state index in [0.29, 0.717) is 11.3 Å². The Morgan fingerprint density at radius 3 is 2.74 bits per heavy atom. The van der Waals surface area contributed by atoms with Crippen molar-refractivity contribution in [2.75, 3.05) is 0 Å². The van der Waals surface area contributed by atoms with E-state index in [1.165, 1.54) is 6.20 Å². The fourth-order valence-electron chi connectivity index (χ4n) is 2.69. The molecule has 0 atom stereocenters. The summed E-state index contributed by atoms with van der Waals surface area (Å²) in [6.07, 6.45) is 1.19. The van der Waals surface area contributed by atoms with Crippen molar-refractivity contribution in [2.24, 2.45) is 0 Å². The van der Waals surface area contributed by atoms with Gasteiger partial charge in [0.2, 0.25) is 0 Å². The second-order valence-corrected chi connectivity index (χ2v) is 5.17. The van der Waals surface area contributed by atoms with Gasteiger partial charge in [0.15, 0.2) is 0 Å². The van der Waals surface area contributed by atoms with Crippen molar-refractivity contribution in [3.05, 3.63) is 70.6 Å². The minimum atomic E-state index is -1.28. The Morgan fingerprint density at radius 1 is 1.13 bits per heavy atom. The van der Waals surface area contributed by atoms with E-state index in [0.717, 1.165) is 20.9 Å². The number of fused-ring (bicyclic) bond motifs is 2. The van der Waals surface area contributed by atoms with E-state index >= 15 is 0 Å². The molecule has 0 aliphatic heterocycles. The molecule has 2 aromatic carbocycles. The third-order valence-corrected chi connectivity index (χ3v) is 3.79. The molecule has 0 saturated heterocycles. The zero-order chi connectivity index (χ0) is 16.0. The lowest BCUT2D eigenvalue weighted by Gasteiger charge is -2.02. The summed E-state index contributed by atoms with van der Waals surface area (Å²) in [4.78, 5) is 26.0. The minimum absolute atomic E-state index is 0.343. The highest BCUT2D eigenvalue weighted by Gasteiger charge is 2.15. The van der Waals surface area contributed by atoms with Gasteiger partial charge in [-0.2, -0.15) is 9.61 Å². The quantitative estimate of drug-likeness (QED) is 0.596. The maximum atomic E-state index is 12.2. The molecule has 0 radical (unpaired) electrons. The molecular weight excluding hydrogens is 294 g/mol. The maximum Gasteiger partial charge on any atom is 0.342 e. The molecule has 0 spiro atoms. The number of hydrogen-bond acceptors (Lipinski definition) is 3. The number of carboxylic acid groups (broad SMARTS) is 1. The number of nitrogens with one attached hydrogen (secondary N) is 1. The minimum Gasteiger partial charge on any atom is -0.477 e. The molecule has 0 amide bonds. The van der Waals surface area contributed by atoms with Gasteiger partial charge in [-0.1, -0.05) is 42.5 Å². The number of aromatic carboxylic acids is 1. The summed E-state index contributed by atoms with van der Waals surface area (Å²) in [5, 5.41) is 15.4. The van der Waals surface area contributed by atoms with Crippen LogP contribution in [0.5, 0.6) is 0 Å². The topological polar surface area (TPSA) is 87.5 Å². The standard InChI is InChI=1S/C17H11N3O3/c21-16-13(17(22)23)9-18-15-8-14(19-20(15)16)12-7-3-5-10-4-1-2-6-11(10)12/h1-9,18H,(H,22,23). The van der Waals surface area contributed by atoms with Gasteiger partial charge in [0, 0.05) is 17.8 Å². The predicted molar refractivity (Wildman–Crippen MR) is 85.7 cm³/mol. The number of rotatable bonds is 2. The van der Waals surface area contributed by atoms with Crippen LogP contribution in [0.4, 0.5) is 0 Å². The van der Waals surface area contributed by atoms with Crippen LogP contribution in [0.15, 0.2) is 59.5 Å². The largest absolute Gasteiger partial charge is 0.477 e. The van der Waals surface area contributed by atoms with Crippen LogP contribution in [0.1, 0.15) is 10.4 Å². The Hall–Kier alpha value is -3.41. The van der Waals surface area contributed by atoms with Gasteiger partial charge in [0.25, 0.3) is 5.56 Å². The average Bonchev–Trinajstić information content (AvgIpc) is 2.99. The Bertz CT molecular complexity index is 1120. The summed E-state index contributed by atoms with van der Waals surface area (Å²) in [7, 11) is 0. The number of aromatic nitrogens is 3. The fourth-order valence-corrected chi connectivity index (χ4v) is 2.69. The van der Waals surface area contributed by atoms with Gasteiger partial charge < -0.3 is 10.1 Å². The molecule has 0 aliphatic rings. The van der Waals surface area contributed by atoms with Crippen molar-refractivity contribution in [3.63, 3.8) is 0 Å². The van der Waals surface area contributed by atoms with E-state index in [1.807, 2.05) is 42.5 Å². The third kappa shape index (κ3) is 2.00. The first-order valence-corrected chi connectivity index (χ1v) is 6.98. The second kappa shape index (κ2) is 4.81. The molecule has 2 N–H and O–H groups in total. The van der Waals surface area contributed by atoms with Crippen LogP contribution in [0.2, 0.25) is 0 Å². The van der Waals surface area contributed by atoms with Crippen LogP contribution in [-0.4, -0.2) is 25.7 Å². The molecule has 6 heteroatoms. The number of carboxylic acids is 1. The number of hydrogen-bond donors (Lipinski definition) is 2. The van der Waals surface area contributed by atoms with E-state index in [-0.39, 0.29) is 5.56 Å². The van der Waals surface area contributed by atoms with Crippen molar-refractivity contribution in [3.8, 4) is 11.3 Å². The van der Waals surface area contributed by atoms with Crippen molar-refractivity contribution < 1.29 is 9.90 Å². The molecule has 4 rings (SSSR count). The number of carbonyl (C=O) groups is 1. The highest BCUT2D eigenvalue weighted by Crippen LogP contribution is 2.27. The van der Waals surface area contributed by atoms with Crippen LogP contribution in [0.25, 0.3) is 27.7 Å². The van der Waals surface area contributed by atoms with Gasteiger partial charge in [0.05, 0.1) is 5.69 Å². The van der Waals surface area contributed by atoms with Crippen LogP contribution in [0, 0.1) is 0 Å². The summed E-state index contributed by atoms with van der Waals surface area (Å²) in [5.74, 6) is -1.28. The number of aromatic amines is 1. The van der Waals surface area contributed by atoms with E-state index < -0.39 is 11.5 Å². The summed E-state index contributed by atoms with van der Waals surface area (Å²) in [6, 6.07) is 15.5. The highest BCUT2D eigenvalue weighted by molar-refractivity contribution is 5.96. The molecule has 0 bridgehead atoms. The van der Waals surface area contributed by atoms with Gasteiger partial charge >= 0.3 is 5.97 Å². The van der Waals surface area contributed by atoms with Gasteiger partial charge in [0.1, 0.15) is 11.2 Å². The summed E-state index contributed by atoms with van der Waals surface area (Å²) in [5.41, 5.74) is 0.944. The lowest BCUT2D eigenvalue weighted by molar-refractivity contribution is 0.0694. The number of H-pyrrole nitrogens is 1. The normalized spacial score (nSPS) is 11.1. The van der Waals surface area contributed by atoms with Gasteiger partial charge in [-0.15, -0.1) is 0 Å². The monoisotopic (exact) mass is 305 g/mol. The summed E-state index contributed by atoms with van der Waals surface area (Å²) < 4.78 is 1.08. The molecule has 2 aromatic heterocycles. The zero-order valence-electron chi connectivity index (χ0n) is 11.9. The lowest BCUT2D eigenvalue weighted by atomic mass is 10.0. The smallest absolute Gasteiger partial charge is 0.342 e. The molecule has 6 nitrogen and oxygen atoms in total. The van der Waals surface area contributed by atoms with Crippen molar-refractivity contribution in [1.82, 2.24) is 14.6 Å². The van der Waals surface area contributed by atoms with Gasteiger partial charge in [-0.3, -0.25) is 4.79 Å². The maximum absolute atomic E-state index is 12.2. The molecule has 112 valence electrons. The SMILES string of the molecule is O=C(O)c1c[nH]c2cc(-c3cccc4ccccc34)nn2c1=O. The van der Waals surface area contributed by atoms with E-state index in [1.54, 1.807) is 6.07 Å². The van der Waals surface area contributed by atoms with E-state index in [4.69, 9.17) is 5.11 Å². The van der Waals surface area contributed by atoms with Crippen LogP contribution in [0.3, 0.4) is 0 Å². The summed E-state index contributed by atoms with van der Waals surface area (Å²) >= 11 is 0. The fraction of sp³-hybridized carbons (Fsp3) is 0. The molecule has 0 aliphatic carbocycles. The Kier molecular flexibility index (Phi) is 2.77. The molecule has 2 heterocycles. The Labute approximate surface area is 129 Å². The van der Waals surface area contributed by atoms with Crippen LogP contribution in [-0.2, 0) is 0 Å². The van der Waals surface area contributed by atoms with Crippen LogP contribution >= 0.6 is 0 Å². The highest BCUT2D eigenvalue weighted by atomic mass is 16.4. The lowest BCUT2D eigenvalue weighted by Crippen LogP contribution is -2.22. The van der Waals surface area contributed by atoms with E-state index in [2.05, 4.69) is 10.1 Å². The molecule has 4 aromatic rings. The molecular formula is C17H11N3O3. The number of nitrogens with zero attached hydrogens (tertiary/aromatic N) is 2. The molecule has 23 heavy (non-hydrogen) atoms. The Balaban J connectivity index is 2.01. The van der Waals surface area contributed by atoms with Gasteiger partial charge in [-0.25, -0.2) is 4.79 Å². The van der Waals surface area contributed by atoms with Crippen molar-refractivity contribution >= 4 is 22.4 Å². The van der Waals surface area contributed by atoms with Crippen molar-refractivity contribution in [2.45, 2.75) is 0 Å². The van der Waals surface area contributed by atoms with Gasteiger partial charge in [-0.05, 0) is 10.8 Å². The first-order valence-electron chi connectivity index (χ1n) is 6.98. The molecule has 0 saturated carbocycles. The van der Waals surface area contributed by atoms with E-state index in [9.17, 15) is 9.59 Å². The Morgan fingerprint density at radius 2 is 1.91 bits per heavy atom. The predicted octanol–water partition coefficient (Wildman–Crippen LogP) is 2.54. The molecule has 0 fully saturated rings. The zero-order valence-corrected chi connectivity index (χ0v) is 11.9. The number of benzene rings is 2. The first kappa shape index (κ1) is 13.3. The van der Waals surface area contributed by atoms with Crippen LogP contribution < -0.4 is 5.56 Å². The average molecular weight is 305 g/mol. The first-order chi connectivity index (χ1) is 11.1. The van der Waals surface area contributed by atoms with Crippen molar-refractivity contribution in [1.29, 1.82) is 0 Å². The third-order valence-electron chi connectivity index (χ3n) is 3.79.